The van der Waals surface area contributed by atoms with Gasteiger partial charge in [0.1, 0.15) is 6.61 Å². The second-order valence-electron chi connectivity index (χ2n) is 8.32. The molecule has 1 amide bonds. The lowest BCUT2D eigenvalue weighted by Crippen LogP contribution is -2.45. The summed E-state index contributed by atoms with van der Waals surface area (Å²) in [5.74, 6) is -0.915. The van der Waals surface area contributed by atoms with Crippen molar-refractivity contribution in [3.05, 3.63) is 66.0 Å². The molecule has 2 aromatic heterocycles. The Labute approximate surface area is 202 Å². The van der Waals surface area contributed by atoms with Gasteiger partial charge in [-0.1, -0.05) is 24.3 Å². The van der Waals surface area contributed by atoms with Crippen LogP contribution in [0.15, 0.2) is 42.7 Å². The predicted molar refractivity (Wildman–Crippen MR) is 124 cm³/mol. The van der Waals surface area contributed by atoms with Gasteiger partial charge in [0.15, 0.2) is 0 Å². The van der Waals surface area contributed by atoms with Gasteiger partial charge in [-0.3, -0.25) is 9.69 Å². The van der Waals surface area contributed by atoms with Crippen LogP contribution in [-0.2, 0) is 17.8 Å². The predicted octanol–water partition coefficient (Wildman–Crippen LogP) is 1.70. The zero-order valence-electron chi connectivity index (χ0n) is 19.5. The van der Waals surface area contributed by atoms with E-state index in [1.807, 2.05) is 0 Å². The van der Waals surface area contributed by atoms with Gasteiger partial charge >= 0.3 is 12.1 Å². The Kier molecular flexibility index (Phi) is 8.22. The van der Waals surface area contributed by atoms with Crippen LogP contribution in [0.3, 0.4) is 0 Å². The first-order chi connectivity index (χ1) is 17.0. The molecule has 0 saturated carbocycles. The van der Waals surface area contributed by atoms with Gasteiger partial charge in [-0.05, 0) is 24.2 Å². The quantitative estimate of drug-likeness (QED) is 0.363. The monoisotopic (exact) mass is 483 g/mol. The first-order valence-electron chi connectivity index (χ1n) is 11.4. The van der Waals surface area contributed by atoms with Gasteiger partial charge in [0.25, 0.3) is 0 Å². The number of benzene rings is 1. The summed E-state index contributed by atoms with van der Waals surface area (Å²) in [6, 6.07) is 8.42. The van der Waals surface area contributed by atoms with Crippen LogP contribution in [0.25, 0.3) is 11.1 Å². The van der Waals surface area contributed by atoms with E-state index in [4.69, 9.17) is 4.74 Å². The number of carbonyl (C=O) groups is 1. The summed E-state index contributed by atoms with van der Waals surface area (Å²) in [4.78, 5) is 31.7. The minimum Gasteiger partial charge on any atom is -0.462 e. The van der Waals surface area contributed by atoms with Crippen LogP contribution >= 0.6 is 0 Å². The largest absolute Gasteiger partial charge is 0.462 e. The lowest BCUT2D eigenvalue weighted by Gasteiger charge is -2.31. The highest BCUT2D eigenvalue weighted by molar-refractivity contribution is 5.78. The number of piperazine rings is 1. The van der Waals surface area contributed by atoms with Crippen LogP contribution in [0.5, 0.6) is 6.01 Å². The average molecular weight is 484 g/mol. The lowest BCUT2D eigenvalue weighted by molar-refractivity contribution is -0.120. The third-order valence-electron chi connectivity index (χ3n) is 5.73. The summed E-state index contributed by atoms with van der Waals surface area (Å²) >= 11 is 0. The number of nitrogens with one attached hydrogen (secondary N) is 1. The molecule has 1 fully saturated rings. The highest BCUT2D eigenvalue weighted by Crippen LogP contribution is 2.23. The number of likely N-dealkylation sites (N-methyl/N-ethyl adjacent to an activating group) is 1. The number of rotatable bonds is 9. The van der Waals surface area contributed by atoms with Crippen molar-refractivity contribution >= 4 is 5.91 Å². The molecular weight excluding hydrogens is 456 g/mol. The van der Waals surface area contributed by atoms with Gasteiger partial charge in [-0.25, -0.2) is 15.0 Å². The topological polar surface area (TPSA) is 96.4 Å². The van der Waals surface area contributed by atoms with Crippen molar-refractivity contribution in [2.45, 2.75) is 13.0 Å². The van der Waals surface area contributed by atoms with Crippen molar-refractivity contribution in [1.29, 1.82) is 0 Å². The van der Waals surface area contributed by atoms with Crippen LogP contribution in [0.2, 0.25) is 0 Å². The molecule has 184 valence electrons. The molecule has 0 spiro atoms. The van der Waals surface area contributed by atoms with E-state index in [9.17, 15) is 13.6 Å². The SMILES string of the molecule is CN1CCN(CCOc2ncc(-c3ccc(CC(=O)NCc4ccnc(F)n4)cc3)c(F)n2)CC1. The molecule has 1 aliphatic rings. The van der Waals surface area contributed by atoms with Gasteiger partial charge in [-0.2, -0.15) is 13.8 Å². The van der Waals surface area contributed by atoms with Crippen molar-refractivity contribution in [2.75, 3.05) is 46.4 Å². The summed E-state index contributed by atoms with van der Waals surface area (Å²) in [7, 11) is 2.10. The molecule has 3 heterocycles. The molecular formula is C24H27F2N7O2. The van der Waals surface area contributed by atoms with Gasteiger partial charge in [-0.15, -0.1) is 0 Å². The Morgan fingerprint density at radius 1 is 1.06 bits per heavy atom. The Balaban J connectivity index is 1.26. The molecule has 35 heavy (non-hydrogen) atoms. The molecule has 4 rings (SSSR count). The van der Waals surface area contributed by atoms with E-state index >= 15 is 0 Å². The van der Waals surface area contributed by atoms with E-state index in [2.05, 4.69) is 42.1 Å². The molecule has 1 aromatic carbocycles. The van der Waals surface area contributed by atoms with E-state index in [1.54, 1.807) is 24.3 Å². The summed E-state index contributed by atoms with van der Waals surface area (Å²) in [5.41, 5.74) is 1.96. The molecule has 1 aliphatic heterocycles. The molecule has 0 bridgehead atoms. The maximum atomic E-state index is 14.6. The number of halogens is 2. The number of carbonyl (C=O) groups excluding carboxylic acids is 1. The molecule has 0 aliphatic carbocycles. The fourth-order valence-corrected chi connectivity index (χ4v) is 3.65. The first-order valence-corrected chi connectivity index (χ1v) is 11.4. The summed E-state index contributed by atoms with van der Waals surface area (Å²) < 4.78 is 33.2. The molecule has 0 atom stereocenters. The molecule has 0 radical (unpaired) electrons. The van der Waals surface area contributed by atoms with Crippen LogP contribution in [0.4, 0.5) is 8.78 Å². The molecule has 0 unspecified atom stereocenters. The molecule has 3 aromatic rings. The Morgan fingerprint density at radius 2 is 1.83 bits per heavy atom. The Hall–Kier alpha value is -3.57. The Morgan fingerprint density at radius 3 is 2.54 bits per heavy atom. The van der Waals surface area contributed by atoms with E-state index in [0.717, 1.165) is 38.3 Å². The number of hydrogen-bond donors (Lipinski definition) is 1. The fraction of sp³-hybridized carbons (Fsp3) is 0.375. The van der Waals surface area contributed by atoms with Crippen LogP contribution in [-0.4, -0.2) is 82.0 Å². The number of ether oxygens (including phenoxy) is 1. The maximum absolute atomic E-state index is 14.6. The smallest absolute Gasteiger partial charge is 0.319 e. The minimum absolute atomic E-state index is 0.0113. The molecule has 1 N–H and O–H groups in total. The van der Waals surface area contributed by atoms with Crippen molar-refractivity contribution in [3.8, 4) is 17.1 Å². The third kappa shape index (κ3) is 7.20. The van der Waals surface area contributed by atoms with E-state index in [-0.39, 0.29) is 30.4 Å². The van der Waals surface area contributed by atoms with Gasteiger partial charge < -0.3 is 15.0 Å². The summed E-state index contributed by atoms with van der Waals surface area (Å²) in [6.07, 6.45) is 1.97. The van der Waals surface area contributed by atoms with E-state index in [0.29, 0.717) is 17.9 Å². The Bertz CT molecular complexity index is 1140. The number of nitrogens with zero attached hydrogens (tertiary/aromatic N) is 6. The normalized spacial score (nSPS) is 14.6. The van der Waals surface area contributed by atoms with Crippen LogP contribution in [0, 0.1) is 12.0 Å². The van der Waals surface area contributed by atoms with Crippen molar-refractivity contribution in [1.82, 2.24) is 35.1 Å². The average Bonchev–Trinajstić information content (AvgIpc) is 2.85. The number of amides is 1. The fourth-order valence-electron chi connectivity index (χ4n) is 3.65. The van der Waals surface area contributed by atoms with Gasteiger partial charge in [0.2, 0.25) is 11.9 Å². The van der Waals surface area contributed by atoms with Crippen molar-refractivity contribution < 1.29 is 18.3 Å². The van der Waals surface area contributed by atoms with E-state index in [1.165, 1.54) is 18.5 Å². The lowest BCUT2D eigenvalue weighted by atomic mass is 10.0. The van der Waals surface area contributed by atoms with Crippen molar-refractivity contribution in [3.63, 3.8) is 0 Å². The first kappa shape index (κ1) is 24.6. The second kappa shape index (κ2) is 11.7. The van der Waals surface area contributed by atoms with Crippen molar-refractivity contribution in [2.24, 2.45) is 0 Å². The summed E-state index contributed by atoms with van der Waals surface area (Å²) in [6.45, 7) is 5.24. The number of hydrogen-bond acceptors (Lipinski definition) is 8. The standard InChI is InChI=1S/C24H27F2N7O2/c1-32-8-10-33(11-9-32)12-13-35-24-29-16-20(22(25)31-24)18-4-2-17(3-5-18)14-21(34)28-15-19-6-7-27-23(26)30-19/h2-7,16H,8-15H2,1H3,(H,28,34). The number of aromatic nitrogens is 4. The maximum Gasteiger partial charge on any atom is 0.319 e. The molecule has 11 heteroatoms. The minimum atomic E-state index is -0.839. The van der Waals surface area contributed by atoms with E-state index < -0.39 is 12.0 Å². The van der Waals surface area contributed by atoms with Gasteiger partial charge in [0.05, 0.1) is 24.2 Å². The summed E-state index contributed by atoms with van der Waals surface area (Å²) in [5, 5.41) is 2.68. The highest BCUT2D eigenvalue weighted by Gasteiger charge is 2.15. The zero-order chi connectivity index (χ0) is 24.6. The zero-order valence-corrected chi connectivity index (χ0v) is 19.5. The van der Waals surface area contributed by atoms with Gasteiger partial charge in [0, 0.05) is 45.1 Å². The van der Waals surface area contributed by atoms with Crippen LogP contribution < -0.4 is 10.1 Å². The molecule has 9 nitrogen and oxygen atoms in total. The molecule has 1 saturated heterocycles. The third-order valence-corrected chi connectivity index (χ3v) is 5.73. The van der Waals surface area contributed by atoms with Crippen LogP contribution in [0.1, 0.15) is 11.3 Å². The second-order valence-corrected chi connectivity index (χ2v) is 8.32. The highest BCUT2D eigenvalue weighted by atomic mass is 19.1.